The van der Waals surface area contributed by atoms with Crippen LogP contribution in [0, 0.1) is 45.3 Å². The molecule has 3 aromatic rings. The van der Waals surface area contributed by atoms with Gasteiger partial charge in [0.1, 0.15) is 24.3 Å². The molecule has 0 aliphatic carbocycles. The Morgan fingerprint density at radius 2 is 1.52 bits per heavy atom. The summed E-state index contributed by atoms with van der Waals surface area (Å²) in [7, 11) is 1.70. The summed E-state index contributed by atoms with van der Waals surface area (Å²) in [5, 5.41) is 48.8. The van der Waals surface area contributed by atoms with E-state index in [1.807, 2.05) is 24.3 Å². The van der Waals surface area contributed by atoms with Crippen LogP contribution in [0.2, 0.25) is 10.0 Å². The van der Waals surface area contributed by atoms with Gasteiger partial charge in [0.15, 0.2) is 0 Å². The van der Waals surface area contributed by atoms with E-state index in [0.29, 0.717) is 37.8 Å². The fraction of sp³-hybridized carbons (Fsp3) is 0.143. The lowest BCUT2D eigenvalue weighted by Gasteiger charge is -2.12. The zero-order valence-corrected chi connectivity index (χ0v) is 16.6. The van der Waals surface area contributed by atoms with E-state index < -0.39 is 0 Å². The van der Waals surface area contributed by atoms with Crippen molar-refractivity contribution in [1.29, 1.82) is 21.0 Å². The second-order valence-electron chi connectivity index (χ2n) is 6.24. The number of nitrogens with zero attached hydrogens (tertiary/aromatic N) is 5. The van der Waals surface area contributed by atoms with E-state index in [9.17, 15) is 26.2 Å². The van der Waals surface area contributed by atoms with Crippen LogP contribution in [0.25, 0.3) is 10.9 Å². The van der Waals surface area contributed by atoms with Crippen molar-refractivity contribution in [2.45, 2.75) is 13.0 Å². The molecule has 0 aliphatic heterocycles. The molecule has 0 saturated heterocycles. The summed E-state index contributed by atoms with van der Waals surface area (Å²) in [6.07, 6.45) is 0.260. The molecule has 0 saturated carbocycles. The van der Waals surface area contributed by atoms with E-state index in [0.717, 1.165) is 0 Å². The fourth-order valence-corrected chi connectivity index (χ4v) is 3.95. The van der Waals surface area contributed by atoms with Crippen molar-refractivity contribution in [3.8, 4) is 24.3 Å². The van der Waals surface area contributed by atoms with Crippen LogP contribution in [-0.2, 0) is 20.1 Å². The number of hydrogen-bond acceptors (Lipinski definition) is 5. The van der Waals surface area contributed by atoms with E-state index in [2.05, 4.69) is 0 Å². The number of aromatic nitrogens is 1. The normalized spacial score (nSPS) is 10.2. The number of fused-ring (bicyclic) bond motifs is 1. The Balaban J connectivity index is 2.36. The summed E-state index contributed by atoms with van der Waals surface area (Å²) in [5.41, 5.74) is 2.02. The smallest absolute Gasteiger partial charge is 0.103 e. The van der Waals surface area contributed by atoms with Crippen LogP contribution in [0.5, 0.6) is 0 Å². The van der Waals surface area contributed by atoms with Gasteiger partial charge < -0.3 is 9.67 Å². The molecule has 0 atom stereocenters. The highest BCUT2D eigenvalue weighted by molar-refractivity contribution is 6.36. The second kappa shape index (κ2) is 7.84. The average molecular weight is 420 g/mol. The van der Waals surface area contributed by atoms with Gasteiger partial charge in [-0.3, -0.25) is 0 Å². The van der Waals surface area contributed by atoms with Crippen molar-refractivity contribution in [1.82, 2.24) is 4.57 Å². The Bertz CT molecular complexity index is 1340. The SMILES string of the molecule is Cn1c(Cc2c(Cl)ccc(CO)c2Cl)cc2c(C#N)c(C#N)c(C#N)c(C#N)c21. The van der Waals surface area contributed by atoms with Crippen molar-refractivity contribution in [2.75, 3.05) is 0 Å². The molecule has 3 rings (SSSR count). The van der Waals surface area contributed by atoms with Gasteiger partial charge in [-0.15, -0.1) is 0 Å². The van der Waals surface area contributed by atoms with E-state index in [1.54, 1.807) is 29.8 Å². The monoisotopic (exact) mass is 419 g/mol. The lowest BCUT2D eigenvalue weighted by Crippen LogP contribution is -2.03. The maximum Gasteiger partial charge on any atom is 0.103 e. The molecule has 0 amide bonds. The first-order valence-corrected chi connectivity index (χ1v) is 9.04. The molecule has 1 heterocycles. The predicted octanol–water partition coefficient (Wildman–Crippen LogP) is 4.05. The number of hydrogen-bond donors (Lipinski definition) is 1. The minimum atomic E-state index is -0.244. The number of aliphatic hydroxyl groups excluding tert-OH is 1. The highest BCUT2D eigenvalue weighted by atomic mass is 35.5. The summed E-state index contributed by atoms with van der Waals surface area (Å²) < 4.78 is 1.69. The highest BCUT2D eigenvalue weighted by Crippen LogP contribution is 2.35. The van der Waals surface area contributed by atoms with Crippen LogP contribution in [0.1, 0.15) is 39.1 Å². The van der Waals surface area contributed by atoms with Gasteiger partial charge in [-0.1, -0.05) is 29.3 Å². The number of aliphatic hydroxyl groups is 1. The first kappa shape index (κ1) is 20.2. The molecule has 6 nitrogen and oxygen atoms in total. The molecule has 140 valence electrons. The Labute approximate surface area is 176 Å². The van der Waals surface area contributed by atoms with Gasteiger partial charge in [0.25, 0.3) is 0 Å². The molecule has 0 fully saturated rings. The third kappa shape index (κ3) is 3.07. The molecule has 1 aromatic heterocycles. The molecule has 0 unspecified atom stereocenters. The lowest BCUT2D eigenvalue weighted by atomic mass is 9.94. The van der Waals surface area contributed by atoms with E-state index in [4.69, 9.17) is 23.2 Å². The van der Waals surface area contributed by atoms with Crippen molar-refractivity contribution in [3.05, 3.63) is 67.3 Å². The van der Waals surface area contributed by atoms with Crippen molar-refractivity contribution in [2.24, 2.45) is 7.05 Å². The van der Waals surface area contributed by atoms with E-state index >= 15 is 0 Å². The largest absolute Gasteiger partial charge is 0.392 e. The highest BCUT2D eigenvalue weighted by Gasteiger charge is 2.24. The minimum Gasteiger partial charge on any atom is -0.392 e. The summed E-state index contributed by atoms with van der Waals surface area (Å²) in [6, 6.07) is 12.7. The third-order valence-corrected chi connectivity index (χ3v) is 5.65. The quantitative estimate of drug-likeness (QED) is 0.685. The van der Waals surface area contributed by atoms with Crippen molar-refractivity contribution < 1.29 is 5.11 Å². The zero-order chi connectivity index (χ0) is 21.3. The Morgan fingerprint density at radius 1 is 0.931 bits per heavy atom. The van der Waals surface area contributed by atoms with Crippen LogP contribution in [0.15, 0.2) is 18.2 Å². The predicted molar refractivity (Wildman–Crippen MR) is 107 cm³/mol. The summed E-state index contributed by atoms with van der Waals surface area (Å²) in [5.74, 6) is 0. The number of nitriles is 4. The number of benzene rings is 2. The Kier molecular flexibility index (Phi) is 5.47. The standard InChI is InChI=1S/C21H11Cl2N5O/c1-28-12(5-14-19(22)3-2-11(10-29)20(14)23)4-13-15(6-24)16(7-25)17(8-26)18(9-27)21(13)28/h2-4,29H,5,10H2,1H3. The minimum absolute atomic E-state index is 0.0353. The molecule has 0 bridgehead atoms. The summed E-state index contributed by atoms with van der Waals surface area (Å²) in [4.78, 5) is 0. The van der Waals surface area contributed by atoms with Gasteiger partial charge >= 0.3 is 0 Å². The first-order chi connectivity index (χ1) is 13.9. The van der Waals surface area contributed by atoms with Crippen molar-refractivity contribution >= 4 is 34.1 Å². The Morgan fingerprint density at radius 3 is 2.07 bits per heavy atom. The van der Waals surface area contributed by atoms with Gasteiger partial charge in [0.05, 0.1) is 39.4 Å². The number of rotatable bonds is 3. The van der Waals surface area contributed by atoms with E-state index in [1.165, 1.54) is 0 Å². The molecule has 29 heavy (non-hydrogen) atoms. The zero-order valence-electron chi connectivity index (χ0n) is 15.1. The topological polar surface area (TPSA) is 120 Å². The molecule has 8 heteroatoms. The molecule has 0 aliphatic rings. The first-order valence-electron chi connectivity index (χ1n) is 8.28. The van der Waals surface area contributed by atoms with Gasteiger partial charge in [-0.2, -0.15) is 21.0 Å². The fourth-order valence-electron chi connectivity index (χ4n) is 3.38. The van der Waals surface area contributed by atoms with Gasteiger partial charge in [0, 0.05) is 29.6 Å². The van der Waals surface area contributed by atoms with Crippen LogP contribution in [0.4, 0.5) is 0 Å². The number of halogens is 2. The Hall–Kier alpha value is -3.52. The van der Waals surface area contributed by atoms with Gasteiger partial charge in [0.2, 0.25) is 0 Å². The van der Waals surface area contributed by atoms with E-state index in [-0.39, 0.29) is 35.3 Å². The average Bonchev–Trinajstić information content (AvgIpc) is 3.05. The van der Waals surface area contributed by atoms with Gasteiger partial charge in [-0.25, -0.2) is 0 Å². The van der Waals surface area contributed by atoms with Crippen LogP contribution in [0.3, 0.4) is 0 Å². The summed E-state index contributed by atoms with van der Waals surface area (Å²) in [6.45, 7) is -0.244. The summed E-state index contributed by atoms with van der Waals surface area (Å²) >= 11 is 12.7. The maximum absolute atomic E-state index is 9.63. The van der Waals surface area contributed by atoms with Crippen molar-refractivity contribution in [3.63, 3.8) is 0 Å². The second-order valence-corrected chi connectivity index (χ2v) is 7.02. The van der Waals surface area contributed by atoms with Crippen LogP contribution in [-0.4, -0.2) is 9.67 Å². The molecule has 1 N–H and O–H groups in total. The molecular formula is C21H11Cl2N5O. The van der Waals surface area contributed by atoms with Crippen LogP contribution >= 0.6 is 23.2 Å². The van der Waals surface area contributed by atoms with Crippen LogP contribution < -0.4 is 0 Å². The molecule has 0 spiro atoms. The maximum atomic E-state index is 9.63. The number of aryl methyl sites for hydroxylation is 1. The third-order valence-electron chi connectivity index (χ3n) is 4.83. The lowest BCUT2D eigenvalue weighted by molar-refractivity contribution is 0.282. The molecule has 0 radical (unpaired) electrons. The van der Waals surface area contributed by atoms with Gasteiger partial charge in [-0.05, 0) is 23.3 Å². The molecular weight excluding hydrogens is 409 g/mol. The molecule has 2 aromatic carbocycles.